The fraction of sp³-hybridized carbons (Fsp3) is 0.417. The Bertz CT molecular complexity index is 462. The minimum Gasteiger partial charge on any atom is -0.493 e. The SMILES string of the molecule is COc1c(Cl)cc(C(N)CC(=O)O)c(C)c1OC. The van der Waals surface area contributed by atoms with E-state index in [9.17, 15) is 4.79 Å². The summed E-state index contributed by atoms with van der Waals surface area (Å²) in [5.41, 5.74) is 7.21. The molecule has 0 amide bonds. The topological polar surface area (TPSA) is 81.8 Å². The van der Waals surface area contributed by atoms with E-state index in [1.54, 1.807) is 13.0 Å². The van der Waals surface area contributed by atoms with Gasteiger partial charge in [-0.05, 0) is 24.1 Å². The quantitative estimate of drug-likeness (QED) is 0.859. The summed E-state index contributed by atoms with van der Waals surface area (Å²) in [6.07, 6.45) is -0.174. The molecule has 5 nitrogen and oxygen atoms in total. The van der Waals surface area contributed by atoms with Crippen molar-refractivity contribution in [2.75, 3.05) is 14.2 Å². The second-order valence-electron chi connectivity index (χ2n) is 3.84. The predicted molar refractivity (Wildman–Crippen MR) is 68.5 cm³/mol. The standard InChI is InChI=1S/C12H16ClNO4/c1-6-7(9(14)5-10(15)16)4-8(13)12(18-3)11(6)17-2/h4,9H,5,14H2,1-3H3,(H,15,16). The molecule has 0 fully saturated rings. The zero-order valence-corrected chi connectivity index (χ0v) is 11.2. The molecule has 0 saturated carbocycles. The lowest BCUT2D eigenvalue weighted by atomic mass is 9.98. The lowest BCUT2D eigenvalue weighted by Gasteiger charge is -2.19. The van der Waals surface area contributed by atoms with Gasteiger partial charge in [0.2, 0.25) is 0 Å². The number of benzene rings is 1. The third kappa shape index (κ3) is 2.86. The van der Waals surface area contributed by atoms with Gasteiger partial charge in [0.25, 0.3) is 0 Å². The van der Waals surface area contributed by atoms with Crippen molar-refractivity contribution in [1.29, 1.82) is 0 Å². The smallest absolute Gasteiger partial charge is 0.305 e. The van der Waals surface area contributed by atoms with E-state index in [2.05, 4.69) is 0 Å². The highest BCUT2D eigenvalue weighted by atomic mass is 35.5. The van der Waals surface area contributed by atoms with Gasteiger partial charge in [-0.25, -0.2) is 0 Å². The average molecular weight is 274 g/mol. The zero-order chi connectivity index (χ0) is 13.9. The van der Waals surface area contributed by atoms with Gasteiger partial charge in [-0.1, -0.05) is 11.6 Å². The van der Waals surface area contributed by atoms with Crippen LogP contribution in [0, 0.1) is 6.92 Å². The first-order chi connectivity index (χ1) is 8.42. The number of ether oxygens (including phenoxy) is 2. The molecule has 0 aliphatic rings. The molecule has 1 aromatic carbocycles. The van der Waals surface area contributed by atoms with E-state index >= 15 is 0 Å². The van der Waals surface area contributed by atoms with Gasteiger partial charge in [0, 0.05) is 6.04 Å². The lowest BCUT2D eigenvalue weighted by molar-refractivity contribution is -0.137. The summed E-state index contributed by atoms with van der Waals surface area (Å²) in [6.45, 7) is 1.79. The molecular formula is C12H16ClNO4. The van der Waals surface area contributed by atoms with Gasteiger partial charge in [-0.3, -0.25) is 4.79 Å². The second kappa shape index (κ2) is 5.93. The molecule has 100 valence electrons. The largest absolute Gasteiger partial charge is 0.493 e. The summed E-state index contributed by atoms with van der Waals surface area (Å²) in [6, 6.07) is 0.978. The van der Waals surface area contributed by atoms with Crippen molar-refractivity contribution in [3.05, 3.63) is 22.2 Å². The fourth-order valence-corrected chi connectivity index (χ4v) is 2.12. The Hall–Kier alpha value is -1.46. The van der Waals surface area contributed by atoms with Crippen LogP contribution in [0.5, 0.6) is 11.5 Å². The Morgan fingerprint density at radius 3 is 2.44 bits per heavy atom. The predicted octanol–water partition coefficient (Wildman–Crippen LogP) is 2.14. The van der Waals surface area contributed by atoms with Gasteiger partial charge in [-0.2, -0.15) is 0 Å². The van der Waals surface area contributed by atoms with E-state index in [0.29, 0.717) is 22.1 Å². The average Bonchev–Trinajstić information content (AvgIpc) is 2.29. The Balaban J connectivity index is 3.30. The summed E-state index contributed by atoms with van der Waals surface area (Å²) in [4.78, 5) is 10.7. The van der Waals surface area contributed by atoms with E-state index in [0.717, 1.165) is 5.56 Å². The van der Waals surface area contributed by atoms with E-state index in [-0.39, 0.29) is 6.42 Å². The van der Waals surface area contributed by atoms with Crippen molar-refractivity contribution in [2.45, 2.75) is 19.4 Å². The van der Waals surface area contributed by atoms with Crippen molar-refractivity contribution in [1.82, 2.24) is 0 Å². The molecule has 1 aromatic rings. The van der Waals surface area contributed by atoms with Crippen LogP contribution in [-0.4, -0.2) is 25.3 Å². The van der Waals surface area contributed by atoms with Crippen LogP contribution < -0.4 is 15.2 Å². The Kier molecular flexibility index (Phi) is 4.81. The monoisotopic (exact) mass is 273 g/mol. The van der Waals surface area contributed by atoms with Crippen LogP contribution in [0.3, 0.4) is 0 Å². The maximum Gasteiger partial charge on any atom is 0.305 e. The molecule has 6 heteroatoms. The number of aliphatic carboxylic acids is 1. The first-order valence-electron chi connectivity index (χ1n) is 5.30. The molecule has 0 aliphatic heterocycles. The first-order valence-corrected chi connectivity index (χ1v) is 5.68. The number of carbonyl (C=O) groups is 1. The zero-order valence-electron chi connectivity index (χ0n) is 10.5. The van der Waals surface area contributed by atoms with Gasteiger partial charge in [0.1, 0.15) is 0 Å². The molecule has 1 unspecified atom stereocenters. The summed E-state index contributed by atoms with van der Waals surface area (Å²) in [5, 5.41) is 9.11. The number of methoxy groups -OCH3 is 2. The first kappa shape index (κ1) is 14.6. The minimum atomic E-state index is -0.965. The fourth-order valence-electron chi connectivity index (χ4n) is 1.84. The molecule has 0 bridgehead atoms. The highest BCUT2D eigenvalue weighted by molar-refractivity contribution is 6.32. The number of carboxylic acid groups (broad SMARTS) is 1. The number of nitrogens with two attached hydrogens (primary N) is 1. The van der Waals surface area contributed by atoms with E-state index < -0.39 is 12.0 Å². The van der Waals surface area contributed by atoms with E-state index in [1.165, 1.54) is 14.2 Å². The maximum absolute atomic E-state index is 10.7. The second-order valence-corrected chi connectivity index (χ2v) is 4.25. The Morgan fingerprint density at radius 2 is 2.00 bits per heavy atom. The van der Waals surface area contributed by atoms with Crippen molar-refractivity contribution in [2.24, 2.45) is 5.73 Å². The molecule has 0 aromatic heterocycles. The normalized spacial score (nSPS) is 12.1. The van der Waals surface area contributed by atoms with Crippen LogP contribution >= 0.6 is 11.6 Å². The highest BCUT2D eigenvalue weighted by Gasteiger charge is 2.20. The van der Waals surface area contributed by atoms with Crippen molar-refractivity contribution >= 4 is 17.6 Å². The maximum atomic E-state index is 10.7. The van der Waals surface area contributed by atoms with Crippen LogP contribution in [0.2, 0.25) is 5.02 Å². The number of hydrogen-bond acceptors (Lipinski definition) is 4. The van der Waals surface area contributed by atoms with Crippen LogP contribution in [0.4, 0.5) is 0 Å². The van der Waals surface area contributed by atoms with Gasteiger partial charge in [0.05, 0.1) is 25.7 Å². The van der Waals surface area contributed by atoms with Crippen molar-refractivity contribution in [3.8, 4) is 11.5 Å². The van der Waals surface area contributed by atoms with E-state index in [4.69, 9.17) is 31.9 Å². The third-order valence-electron chi connectivity index (χ3n) is 2.68. The van der Waals surface area contributed by atoms with Gasteiger partial charge in [0.15, 0.2) is 11.5 Å². The van der Waals surface area contributed by atoms with Gasteiger partial charge >= 0.3 is 5.97 Å². The molecule has 0 spiro atoms. The Morgan fingerprint density at radius 1 is 1.44 bits per heavy atom. The van der Waals surface area contributed by atoms with Crippen LogP contribution in [0.1, 0.15) is 23.6 Å². The van der Waals surface area contributed by atoms with Gasteiger partial charge in [-0.15, -0.1) is 0 Å². The molecule has 1 rings (SSSR count). The molecule has 3 N–H and O–H groups in total. The molecule has 18 heavy (non-hydrogen) atoms. The minimum absolute atomic E-state index is 0.174. The highest BCUT2D eigenvalue weighted by Crippen LogP contribution is 2.41. The summed E-state index contributed by atoms with van der Waals surface area (Å²) < 4.78 is 10.4. The Labute approximate surface area is 110 Å². The molecule has 0 heterocycles. The van der Waals surface area contributed by atoms with Crippen LogP contribution in [0.15, 0.2) is 6.07 Å². The number of carboxylic acids is 1. The van der Waals surface area contributed by atoms with E-state index in [1.807, 2.05) is 0 Å². The lowest BCUT2D eigenvalue weighted by Crippen LogP contribution is -2.16. The summed E-state index contributed by atoms with van der Waals surface area (Å²) >= 11 is 6.06. The van der Waals surface area contributed by atoms with Crippen LogP contribution in [0.25, 0.3) is 0 Å². The van der Waals surface area contributed by atoms with Gasteiger partial charge < -0.3 is 20.3 Å². The van der Waals surface area contributed by atoms with Crippen molar-refractivity contribution in [3.63, 3.8) is 0 Å². The molecule has 1 atom stereocenters. The van der Waals surface area contributed by atoms with Crippen molar-refractivity contribution < 1.29 is 19.4 Å². The molecule has 0 aliphatic carbocycles. The molecule has 0 saturated heterocycles. The summed E-state index contributed by atoms with van der Waals surface area (Å²) in [7, 11) is 2.98. The molecular weight excluding hydrogens is 258 g/mol. The van der Waals surface area contributed by atoms with Crippen LogP contribution in [-0.2, 0) is 4.79 Å². The number of halogens is 1. The third-order valence-corrected chi connectivity index (χ3v) is 2.96. The number of rotatable bonds is 5. The summed E-state index contributed by atoms with van der Waals surface area (Å²) in [5.74, 6) is -0.0726. The molecule has 0 radical (unpaired) electrons. The number of hydrogen-bond donors (Lipinski definition) is 2.